The second-order valence-corrected chi connectivity index (χ2v) is 8.20. The molecular weight excluding hydrogens is 478 g/mol. The number of hydrogen-bond acceptors (Lipinski definition) is 6. The molecular formula is C29H22F2N2O4. The second kappa shape index (κ2) is 11.1. The van der Waals surface area contributed by atoms with Gasteiger partial charge in [0.05, 0.1) is 11.0 Å². The van der Waals surface area contributed by atoms with Crippen molar-refractivity contribution >= 4 is 33.4 Å². The summed E-state index contributed by atoms with van der Waals surface area (Å²) in [5, 5.41) is 19.7. The van der Waals surface area contributed by atoms with Crippen LogP contribution in [0.15, 0.2) is 79.1 Å². The highest BCUT2D eigenvalue weighted by atomic mass is 19.1. The molecule has 0 radical (unpaired) electrons. The van der Waals surface area contributed by atoms with Crippen LogP contribution >= 0.6 is 0 Å². The van der Waals surface area contributed by atoms with Crippen LogP contribution in [0.4, 0.5) is 8.78 Å². The fourth-order valence-corrected chi connectivity index (χ4v) is 4.13. The molecule has 37 heavy (non-hydrogen) atoms. The molecule has 6 nitrogen and oxygen atoms in total. The third-order valence-corrected chi connectivity index (χ3v) is 5.84. The van der Waals surface area contributed by atoms with Gasteiger partial charge in [0.25, 0.3) is 0 Å². The highest BCUT2D eigenvalue weighted by Gasteiger charge is 2.17. The first kappa shape index (κ1) is 25.7. The summed E-state index contributed by atoms with van der Waals surface area (Å²) in [6.07, 6.45) is 3.23. The highest BCUT2D eigenvalue weighted by molar-refractivity contribution is 6.10. The molecule has 0 unspecified atom stereocenters. The summed E-state index contributed by atoms with van der Waals surface area (Å²) in [7, 11) is 0. The molecule has 0 saturated carbocycles. The minimum Gasteiger partial charge on any atom is -0.388 e. The highest BCUT2D eigenvalue weighted by Crippen LogP contribution is 2.32. The lowest BCUT2D eigenvalue weighted by Crippen LogP contribution is -2.07. The van der Waals surface area contributed by atoms with E-state index < -0.39 is 30.6 Å². The molecule has 0 spiro atoms. The average molecular weight is 501 g/mol. The summed E-state index contributed by atoms with van der Waals surface area (Å²) in [6, 6.07) is 17.1. The molecule has 0 atom stereocenters. The Hall–Kier alpha value is -4.40. The first-order valence-electron chi connectivity index (χ1n) is 11.3. The summed E-state index contributed by atoms with van der Waals surface area (Å²) >= 11 is 0. The summed E-state index contributed by atoms with van der Waals surface area (Å²) in [4.78, 5) is 31.8. The normalized spacial score (nSPS) is 10.7. The van der Waals surface area contributed by atoms with Gasteiger partial charge in [0.2, 0.25) is 0 Å². The van der Waals surface area contributed by atoms with Gasteiger partial charge in [-0.3, -0.25) is 19.6 Å². The van der Waals surface area contributed by atoms with Gasteiger partial charge in [-0.05, 0) is 48.4 Å². The molecule has 0 aliphatic heterocycles. The summed E-state index contributed by atoms with van der Waals surface area (Å²) in [5.41, 5.74) is 3.34. The van der Waals surface area contributed by atoms with Crippen molar-refractivity contribution in [2.24, 2.45) is 0 Å². The Morgan fingerprint density at radius 1 is 0.730 bits per heavy atom. The number of halogens is 2. The van der Waals surface area contributed by atoms with E-state index in [9.17, 15) is 18.4 Å². The number of nitrogens with zero attached hydrogens (tertiary/aromatic N) is 2. The van der Waals surface area contributed by atoms with E-state index in [1.807, 2.05) is 25.1 Å². The lowest BCUT2D eigenvalue weighted by atomic mass is 9.94. The summed E-state index contributed by atoms with van der Waals surface area (Å²) in [5.74, 6) is -2.29. The van der Waals surface area contributed by atoms with E-state index in [1.165, 1.54) is 12.3 Å². The number of aliphatic hydroxyl groups excluding tert-OH is 2. The van der Waals surface area contributed by atoms with Crippen LogP contribution < -0.4 is 0 Å². The largest absolute Gasteiger partial charge is 0.388 e. The van der Waals surface area contributed by atoms with Crippen molar-refractivity contribution in [2.45, 2.75) is 6.92 Å². The lowest BCUT2D eigenvalue weighted by molar-refractivity contribution is 0.0898. The van der Waals surface area contributed by atoms with Gasteiger partial charge in [0.15, 0.2) is 11.6 Å². The third kappa shape index (κ3) is 5.40. The van der Waals surface area contributed by atoms with E-state index in [4.69, 9.17) is 10.2 Å². The zero-order valence-corrected chi connectivity index (χ0v) is 19.8. The number of aliphatic hydroxyl groups is 2. The van der Waals surface area contributed by atoms with Crippen LogP contribution in [0.2, 0.25) is 0 Å². The fourth-order valence-electron chi connectivity index (χ4n) is 4.13. The van der Waals surface area contributed by atoms with E-state index in [0.29, 0.717) is 16.6 Å². The fraction of sp³-hybridized carbons (Fsp3) is 0.103. The van der Waals surface area contributed by atoms with Crippen molar-refractivity contribution in [3.8, 4) is 11.1 Å². The van der Waals surface area contributed by atoms with Gasteiger partial charge in [-0.15, -0.1) is 0 Å². The maximum Gasteiger partial charge on any atom is 0.188 e. The minimum atomic E-state index is -0.745. The molecule has 0 amide bonds. The number of Topliss-reactive ketones (excluding diaryl/α,β-unsaturated/α-hetero) is 2. The molecule has 5 aromatic rings. The number of ketones is 2. The van der Waals surface area contributed by atoms with Crippen LogP contribution in [-0.4, -0.2) is 45.0 Å². The van der Waals surface area contributed by atoms with Crippen molar-refractivity contribution in [1.29, 1.82) is 0 Å². The first-order valence-corrected chi connectivity index (χ1v) is 11.3. The molecule has 2 heterocycles. The number of carbonyl (C=O) groups excluding carboxylic acids is 2. The molecule has 0 bridgehead atoms. The molecule has 5 rings (SSSR count). The molecule has 2 aromatic heterocycles. The predicted molar refractivity (Wildman–Crippen MR) is 136 cm³/mol. The van der Waals surface area contributed by atoms with E-state index in [1.54, 1.807) is 30.5 Å². The Bertz CT molecular complexity index is 1620. The topological polar surface area (TPSA) is 100 Å². The van der Waals surface area contributed by atoms with Gasteiger partial charge >= 0.3 is 0 Å². The van der Waals surface area contributed by atoms with Gasteiger partial charge in [-0.2, -0.15) is 0 Å². The lowest BCUT2D eigenvalue weighted by Gasteiger charge is -2.11. The zero-order valence-electron chi connectivity index (χ0n) is 19.8. The standard InChI is InChI=1S/C17H11F2NO2.C12H11NO2/c18-12-6-11(7-13(19)8-12)16-14(15(22)9-21)4-3-10-2-1-5-20-17(10)16;1-8-10(11(15)7-14)5-4-9-3-2-6-13-12(8)9/h1-8,21H,9H2;2-6,14H,7H2,1H3. The SMILES string of the molecule is Cc1c(C(=O)CO)ccc2cccnc12.O=C(CO)c1ccc2cccnc2c1-c1cc(F)cc(F)c1. The van der Waals surface area contributed by atoms with Crippen molar-refractivity contribution in [3.63, 3.8) is 0 Å². The monoisotopic (exact) mass is 500 g/mol. The maximum atomic E-state index is 13.5. The van der Waals surface area contributed by atoms with E-state index in [-0.39, 0.29) is 16.9 Å². The van der Waals surface area contributed by atoms with Gasteiger partial charge in [0, 0.05) is 45.9 Å². The van der Waals surface area contributed by atoms with Gasteiger partial charge in [-0.1, -0.05) is 30.3 Å². The van der Waals surface area contributed by atoms with Crippen molar-refractivity contribution < 1.29 is 28.6 Å². The van der Waals surface area contributed by atoms with E-state index in [0.717, 1.165) is 40.1 Å². The number of rotatable bonds is 5. The van der Waals surface area contributed by atoms with Crippen LogP contribution in [0.25, 0.3) is 32.9 Å². The van der Waals surface area contributed by atoms with Gasteiger partial charge < -0.3 is 10.2 Å². The minimum absolute atomic E-state index is 0.179. The van der Waals surface area contributed by atoms with Crippen LogP contribution in [0.1, 0.15) is 26.3 Å². The van der Waals surface area contributed by atoms with Crippen LogP contribution in [0, 0.1) is 18.6 Å². The van der Waals surface area contributed by atoms with Crippen molar-refractivity contribution in [3.05, 3.63) is 107 Å². The summed E-state index contributed by atoms with van der Waals surface area (Å²) in [6.45, 7) is 0.695. The Kier molecular flexibility index (Phi) is 7.71. The smallest absolute Gasteiger partial charge is 0.188 e. The Morgan fingerprint density at radius 3 is 1.84 bits per heavy atom. The first-order chi connectivity index (χ1) is 17.8. The Morgan fingerprint density at radius 2 is 1.24 bits per heavy atom. The van der Waals surface area contributed by atoms with E-state index >= 15 is 0 Å². The number of aromatic nitrogens is 2. The number of benzene rings is 3. The molecule has 3 aromatic carbocycles. The average Bonchev–Trinajstić information content (AvgIpc) is 2.91. The zero-order chi connectivity index (χ0) is 26.5. The summed E-state index contributed by atoms with van der Waals surface area (Å²) < 4.78 is 27.1. The van der Waals surface area contributed by atoms with E-state index in [2.05, 4.69) is 9.97 Å². The third-order valence-electron chi connectivity index (χ3n) is 5.84. The number of fused-ring (bicyclic) bond motifs is 2. The molecule has 8 heteroatoms. The number of hydrogen-bond donors (Lipinski definition) is 2. The number of pyridine rings is 2. The Balaban J connectivity index is 0.000000186. The second-order valence-electron chi connectivity index (χ2n) is 8.20. The van der Waals surface area contributed by atoms with Crippen LogP contribution in [0.3, 0.4) is 0 Å². The molecule has 0 aliphatic rings. The maximum absolute atomic E-state index is 13.5. The van der Waals surface area contributed by atoms with Crippen molar-refractivity contribution in [2.75, 3.05) is 13.2 Å². The van der Waals surface area contributed by atoms with Crippen LogP contribution in [-0.2, 0) is 0 Å². The van der Waals surface area contributed by atoms with Crippen LogP contribution in [0.5, 0.6) is 0 Å². The number of carbonyl (C=O) groups is 2. The molecule has 186 valence electrons. The van der Waals surface area contributed by atoms with Crippen molar-refractivity contribution in [1.82, 2.24) is 9.97 Å². The molecule has 0 saturated heterocycles. The molecule has 0 aliphatic carbocycles. The van der Waals surface area contributed by atoms with Gasteiger partial charge in [-0.25, -0.2) is 8.78 Å². The number of aryl methyl sites for hydroxylation is 1. The molecule has 0 fully saturated rings. The van der Waals surface area contributed by atoms with Gasteiger partial charge in [0.1, 0.15) is 24.8 Å². The predicted octanol–water partition coefficient (Wildman–Crippen LogP) is 5.07. The molecule has 2 N–H and O–H groups in total. The Labute approximate surface area is 210 Å². The quantitative estimate of drug-likeness (QED) is 0.327.